The summed E-state index contributed by atoms with van der Waals surface area (Å²) in [5.41, 5.74) is 1.96. The van der Waals surface area contributed by atoms with Crippen LogP contribution in [-0.2, 0) is 0 Å². The number of carbonyl (C=O) groups excluding carboxylic acids is 1. The third kappa shape index (κ3) is 1.49. The number of aryl methyl sites for hydroxylation is 1. The minimum Gasteiger partial charge on any atom is -0.361 e. The van der Waals surface area contributed by atoms with Gasteiger partial charge in [-0.1, -0.05) is 6.58 Å². The number of carbonyl (C=O) groups is 1. The summed E-state index contributed by atoms with van der Waals surface area (Å²) in [6, 6.07) is 0. The molecule has 11 heavy (non-hydrogen) atoms. The Kier molecular flexibility index (Phi) is 2.44. The predicted octanol–water partition coefficient (Wildman–Crippen LogP) is 2.42. The maximum atomic E-state index is 10.5. The molecule has 1 rings (SSSR count). The van der Waals surface area contributed by atoms with Crippen LogP contribution in [0.3, 0.4) is 0 Å². The zero-order chi connectivity index (χ0) is 8.27. The largest absolute Gasteiger partial charge is 0.361 e. The van der Waals surface area contributed by atoms with Crippen LogP contribution in [0.2, 0.25) is 0 Å². The normalized spacial score (nSPS) is 9.18. The van der Waals surface area contributed by atoms with Gasteiger partial charge in [-0.15, -0.1) is 11.3 Å². The fourth-order valence-electron chi connectivity index (χ4n) is 0.838. The van der Waals surface area contributed by atoms with E-state index in [1.807, 2.05) is 12.3 Å². The van der Waals surface area contributed by atoms with Crippen LogP contribution in [0.5, 0.6) is 0 Å². The van der Waals surface area contributed by atoms with Gasteiger partial charge in [0.25, 0.3) is 0 Å². The average molecular weight is 167 g/mol. The molecule has 0 aliphatic heterocycles. The number of nitrogens with one attached hydrogen (secondary N) is 1. The third-order valence-electron chi connectivity index (χ3n) is 1.36. The molecule has 1 aromatic heterocycles. The van der Waals surface area contributed by atoms with E-state index in [0.717, 1.165) is 22.4 Å². The Balaban J connectivity index is 3.06. The van der Waals surface area contributed by atoms with Crippen molar-refractivity contribution >= 4 is 23.3 Å². The summed E-state index contributed by atoms with van der Waals surface area (Å²) in [6.07, 6.45) is 2.42. The molecule has 2 nitrogen and oxygen atoms in total. The van der Waals surface area contributed by atoms with Gasteiger partial charge in [-0.05, 0) is 24.1 Å². The summed E-state index contributed by atoms with van der Waals surface area (Å²) in [7, 11) is 0. The van der Waals surface area contributed by atoms with E-state index in [0.29, 0.717) is 0 Å². The number of aldehydes is 1. The lowest BCUT2D eigenvalue weighted by molar-refractivity contribution is 0.112. The Bertz CT molecular complexity index is 278. The first-order valence-corrected chi connectivity index (χ1v) is 4.08. The quantitative estimate of drug-likeness (QED) is 0.700. The van der Waals surface area contributed by atoms with Crippen molar-refractivity contribution in [3.63, 3.8) is 0 Å². The first-order valence-electron chi connectivity index (χ1n) is 3.20. The summed E-state index contributed by atoms with van der Waals surface area (Å²) in [5.74, 6) is 0. The molecule has 1 aromatic rings. The summed E-state index contributed by atoms with van der Waals surface area (Å²) < 4.78 is 0. The lowest BCUT2D eigenvalue weighted by Gasteiger charge is -1.98. The summed E-state index contributed by atoms with van der Waals surface area (Å²) in [6.45, 7) is 5.48. The number of hydrogen-bond donors (Lipinski definition) is 1. The van der Waals surface area contributed by atoms with Crippen LogP contribution in [0.25, 0.3) is 0 Å². The van der Waals surface area contributed by atoms with Gasteiger partial charge in [0.2, 0.25) is 0 Å². The lowest BCUT2D eigenvalue weighted by atomic mass is 10.3. The van der Waals surface area contributed by atoms with Gasteiger partial charge in [0.15, 0.2) is 6.29 Å². The van der Waals surface area contributed by atoms with E-state index in [9.17, 15) is 4.79 Å². The zero-order valence-electron chi connectivity index (χ0n) is 6.26. The van der Waals surface area contributed by atoms with Crippen molar-refractivity contribution in [1.82, 2.24) is 0 Å². The molecule has 0 amide bonds. The second-order valence-corrected chi connectivity index (χ2v) is 3.04. The van der Waals surface area contributed by atoms with Gasteiger partial charge >= 0.3 is 0 Å². The SMILES string of the molecule is C=CNc1c(C)csc1C=O. The van der Waals surface area contributed by atoms with Gasteiger partial charge < -0.3 is 5.32 Å². The van der Waals surface area contributed by atoms with Crippen molar-refractivity contribution in [3.8, 4) is 0 Å². The molecule has 0 saturated heterocycles. The molecular weight excluding hydrogens is 158 g/mol. The number of hydrogen-bond acceptors (Lipinski definition) is 3. The minimum absolute atomic E-state index is 0.724. The average Bonchev–Trinajstić information content (AvgIpc) is 2.34. The van der Waals surface area contributed by atoms with Crippen LogP contribution in [0.1, 0.15) is 15.2 Å². The Labute approximate surface area is 69.6 Å². The van der Waals surface area contributed by atoms with Crippen molar-refractivity contribution in [2.24, 2.45) is 0 Å². The molecule has 0 atom stereocenters. The van der Waals surface area contributed by atoms with E-state index < -0.39 is 0 Å². The van der Waals surface area contributed by atoms with Gasteiger partial charge in [0, 0.05) is 0 Å². The number of rotatable bonds is 3. The van der Waals surface area contributed by atoms with Crippen LogP contribution in [0.4, 0.5) is 5.69 Å². The van der Waals surface area contributed by atoms with E-state index >= 15 is 0 Å². The van der Waals surface area contributed by atoms with E-state index in [2.05, 4.69) is 11.9 Å². The topological polar surface area (TPSA) is 29.1 Å². The molecule has 3 heteroatoms. The van der Waals surface area contributed by atoms with E-state index in [1.165, 1.54) is 11.3 Å². The van der Waals surface area contributed by atoms with Crippen molar-refractivity contribution < 1.29 is 4.79 Å². The highest BCUT2D eigenvalue weighted by molar-refractivity contribution is 7.12. The van der Waals surface area contributed by atoms with Crippen molar-refractivity contribution in [2.45, 2.75) is 6.92 Å². The summed E-state index contributed by atoms with van der Waals surface area (Å²) in [5, 5.41) is 4.86. The second kappa shape index (κ2) is 3.34. The summed E-state index contributed by atoms with van der Waals surface area (Å²) >= 11 is 1.44. The molecule has 0 aliphatic rings. The van der Waals surface area contributed by atoms with Crippen LogP contribution in [-0.4, -0.2) is 6.29 Å². The lowest BCUT2D eigenvalue weighted by Crippen LogP contribution is -1.89. The van der Waals surface area contributed by atoms with Gasteiger partial charge in [-0.2, -0.15) is 0 Å². The first-order chi connectivity index (χ1) is 5.29. The molecule has 0 spiro atoms. The van der Waals surface area contributed by atoms with E-state index in [-0.39, 0.29) is 0 Å². The summed E-state index contributed by atoms with van der Waals surface area (Å²) in [4.78, 5) is 11.2. The van der Waals surface area contributed by atoms with Crippen LogP contribution < -0.4 is 5.32 Å². The van der Waals surface area contributed by atoms with E-state index in [1.54, 1.807) is 6.20 Å². The molecule has 1 heterocycles. The second-order valence-electron chi connectivity index (χ2n) is 2.12. The van der Waals surface area contributed by atoms with Crippen LogP contribution in [0.15, 0.2) is 18.2 Å². The molecule has 0 bridgehead atoms. The molecule has 0 unspecified atom stereocenters. The van der Waals surface area contributed by atoms with Crippen molar-refractivity contribution in [1.29, 1.82) is 0 Å². The fourth-order valence-corrected chi connectivity index (χ4v) is 1.65. The highest BCUT2D eigenvalue weighted by Gasteiger charge is 2.04. The maximum Gasteiger partial charge on any atom is 0.162 e. The van der Waals surface area contributed by atoms with Gasteiger partial charge in [-0.25, -0.2) is 0 Å². The highest BCUT2D eigenvalue weighted by atomic mass is 32.1. The predicted molar refractivity (Wildman–Crippen MR) is 48.3 cm³/mol. The van der Waals surface area contributed by atoms with Crippen molar-refractivity contribution in [3.05, 3.63) is 28.6 Å². The Morgan fingerprint density at radius 3 is 3.00 bits per heavy atom. The fraction of sp³-hybridized carbons (Fsp3) is 0.125. The molecular formula is C8H9NOS. The molecule has 58 valence electrons. The molecule has 0 radical (unpaired) electrons. The molecule has 1 N–H and O–H groups in total. The van der Waals surface area contributed by atoms with Gasteiger partial charge in [0.05, 0.1) is 10.6 Å². The Hall–Kier alpha value is -1.09. The number of thiophene rings is 1. The van der Waals surface area contributed by atoms with Crippen LogP contribution >= 0.6 is 11.3 Å². The first kappa shape index (κ1) is 8.01. The molecule has 0 aromatic carbocycles. The Morgan fingerprint density at radius 1 is 1.73 bits per heavy atom. The van der Waals surface area contributed by atoms with Gasteiger partial charge in [-0.3, -0.25) is 4.79 Å². The standard InChI is InChI=1S/C8H9NOS/c1-3-9-8-6(2)5-11-7(8)4-10/h3-5,9H,1H2,2H3. The molecule has 0 fully saturated rings. The Morgan fingerprint density at radius 2 is 2.45 bits per heavy atom. The van der Waals surface area contributed by atoms with Gasteiger partial charge in [0.1, 0.15) is 0 Å². The monoisotopic (exact) mass is 167 g/mol. The molecule has 0 saturated carbocycles. The zero-order valence-corrected chi connectivity index (χ0v) is 7.07. The maximum absolute atomic E-state index is 10.5. The highest BCUT2D eigenvalue weighted by Crippen LogP contribution is 2.25. The van der Waals surface area contributed by atoms with Crippen molar-refractivity contribution in [2.75, 3.05) is 5.32 Å². The number of anilines is 1. The van der Waals surface area contributed by atoms with Crippen LogP contribution in [0, 0.1) is 6.92 Å². The molecule has 0 aliphatic carbocycles. The third-order valence-corrected chi connectivity index (χ3v) is 2.38. The minimum atomic E-state index is 0.724. The smallest absolute Gasteiger partial charge is 0.162 e. The van der Waals surface area contributed by atoms with E-state index in [4.69, 9.17) is 0 Å².